The fraction of sp³-hybridized carbons (Fsp3) is 0.455. The average Bonchev–Trinajstić information content (AvgIpc) is 2.16. The highest BCUT2D eigenvalue weighted by Crippen LogP contribution is 2.41. The molecule has 0 aliphatic carbocycles. The fourth-order valence-electron chi connectivity index (χ4n) is 1.18. The summed E-state index contributed by atoms with van der Waals surface area (Å²) < 4.78 is 43.0. The summed E-state index contributed by atoms with van der Waals surface area (Å²) in [4.78, 5) is 0. The van der Waals surface area contributed by atoms with Crippen molar-refractivity contribution in [2.75, 3.05) is 7.11 Å². The van der Waals surface area contributed by atoms with E-state index >= 15 is 0 Å². The molecular formula is C11H13F3O. The molecule has 1 rings (SSSR count). The van der Waals surface area contributed by atoms with Gasteiger partial charge in [0.25, 0.3) is 0 Å². The van der Waals surface area contributed by atoms with Crippen LogP contribution in [0, 0.1) is 0 Å². The largest absolute Gasteiger partial charge is 0.497 e. The van der Waals surface area contributed by atoms with Crippen molar-refractivity contribution < 1.29 is 17.9 Å². The zero-order chi connectivity index (χ0) is 11.7. The van der Waals surface area contributed by atoms with Gasteiger partial charge in [-0.3, -0.25) is 0 Å². The number of methoxy groups -OCH3 is 1. The molecule has 0 aliphatic rings. The fourth-order valence-corrected chi connectivity index (χ4v) is 1.18. The summed E-state index contributed by atoms with van der Waals surface area (Å²) >= 11 is 0. The quantitative estimate of drug-likeness (QED) is 0.737. The van der Waals surface area contributed by atoms with Crippen molar-refractivity contribution in [3.63, 3.8) is 0 Å². The number of rotatable bonds is 2. The van der Waals surface area contributed by atoms with Gasteiger partial charge in [-0.05, 0) is 31.5 Å². The minimum Gasteiger partial charge on any atom is -0.497 e. The lowest BCUT2D eigenvalue weighted by molar-refractivity contribution is -0.180. The first-order valence-electron chi connectivity index (χ1n) is 4.50. The Morgan fingerprint density at radius 1 is 1.13 bits per heavy atom. The third kappa shape index (κ3) is 2.25. The zero-order valence-electron chi connectivity index (χ0n) is 8.85. The van der Waals surface area contributed by atoms with Crippen molar-refractivity contribution in [1.82, 2.24) is 0 Å². The van der Waals surface area contributed by atoms with Crippen molar-refractivity contribution >= 4 is 0 Å². The molecule has 0 atom stereocenters. The predicted octanol–water partition coefficient (Wildman–Crippen LogP) is 3.54. The van der Waals surface area contributed by atoms with Crippen LogP contribution in [0.2, 0.25) is 0 Å². The summed E-state index contributed by atoms with van der Waals surface area (Å²) in [5.41, 5.74) is -1.66. The Hall–Kier alpha value is -1.19. The maximum atomic E-state index is 12.7. The minimum absolute atomic E-state index is 0.203. The van der Waals surface area contributed by atoms with Gasteiger partial charge in [-0.2, -0.15) is 13.2 Å². The van der Waals surface area contributed by atoms with Gasteiger partial charge in [0.05, 0.1) is 12.5 Å². The lowest BCUT2D eigenvalue weighted by atomic mass is 9.84. The van der Waals surface area contributed by atoms with Crippen LogP contribution >= 0.6 is 0 Å². The van der Waals surface area contributed by atoms with E-state index in [1.165, 1.54) is 19.2 Å². The molecule has 1 nitrogen and oxygen atoms in total. The number of benzene rings is 1. The molecular weight excluding hydrogens is 205 g/mol. The summed E-state index contributed by atoms with van der Waals surface area (Å²) in [6, 6.07) is 6.04. The van der Waals surface area contributed by atoms with E-state index in [0.717, 1.165) is 13.8 Å². The summed E-state index contributed by atoms with van der Waals surface area (Å²) in [6.45, 7) is 2.31. The van der Waals surface area contributed by atoms with Crippen LogP contribution in [-0.2, 0) is 5.41 Å². The average molecular weight is 218 g/mol. The second-order valence-electron chi connectivity index (χ2n) is 3.85. The standard InChI is InChI=1S/C11H13F3O/c1-10(2,11(12,13)14)8-5-4-6-9(7-8)15-3/h4-7H,1-3H3. The second kappa shape index (κ2) is 3.76. The van der Waals surface area contributed by atoms with Crippen LogP contribution in [0.15, 0.2) is 24.3 Å². The van der Waals surface area contributed by atoms with Crippen LogP contribution in [0.25, 0.3) is 0 Å². The van der Waals surface area contributed by atoms with Gasteiger partial charge in [0.15, 0.2) is 0 Å². The molecule has 1 aromatic carbocycles. The van der Waals surface area contributed by atoms with Gasteiger partial charge in [-0.25, -0.2) is 0 Å². The van der Waals surface area contributed by atoms with Crippen molar-refractivity contribution in [3.05, 3.63) is 29.8 Å². The van der Waals surface area contributed by atoms with Gasteiger partial charge in [0.2, 0.25) is 0 Å². The molecule has 0 aliphatic heterocycles. The molecule has 0 aromatic heterocycles. The summed E-state index contributed by atoms with van der Waals surface area (Å²) in [5.74, 6) is 0.435. The Bertz CT molecular complexity index is 342. The van der Waals surface area contributed by atoms with E-state index in [9.17, 15) is 13.2 Å². The second-order valence-corrected chi connectivity index (χ2v) is 3.85. The van der Waals surface area contributed by atoms with Gasteiger partial charge in [-0.15, -0.1) is 0 Å². The molecule has 4 heteroatoms. The first-order chi connectivity index (χ1) is 6.79. The van der Waals surface area contributed by atoms with Gasteiger partial charge in [0.1, 0.15) is 5.75 Å². The van der Waals surface area contributed by atoms with Crippen LogP contribution in [0.4, 0.5) is 13.2 Å². The van der Waals surface area contributed by atoms with E-state index < -0.39 is 11.6 Å². The number of hydrogen-bond acceptors (Lipinski definition) is 1. The highest BCUT2D eigenvalue weighted by Gasteiger charge is 2.48. The maximum Gasteiger partial charge on any atom is 0.397 e. The van der Waals surface area contributed by atoms with Crippen molar-refractivity contribution in [2.24, 2.45) is 0 Å². The highest BCUT2D eigenvalue weighted by atomic mass is 19.4. The number of halogens is 3. The van der Waals surface area contributed by atoms with E-state index in [2.05, 4.69) is 0 Å². The highest BCUT2D eigenvalue weighted by molar-refractivity contribution is 5.34. The van der Waals surface area contributed by atoms with Crippen molar-refractivity contribution in [3.8, 4) is 5.75 Å². The summed E-state index contributed by atoms with van der Waals surface area (Å²) in [6.07, 6.45) is -4.26. The Kier molecular flexibility index (Phi) is 2.98. The van der Waals surface area contributed by atoms with Crippen LogP contribution in [-0.4, -0.2) is 13.3 Å². The summed E-state index contributed by atoms with van der Waals surface area (Å²) in [7, 11) is 1.43. The van der Waals surface area contributed by atoms with Crippen LogP contribution < -0.4 is 4.74 Å². The predicted molar refractivity (Wildman–Crippen MR) is 52.1 cm³/mol. The molecule has 0 radical (unpaired) electrons. The molecule has 0 amide bonds. The van der Waals surface area contributed by atoms with E-state index in [1.54, 1.807) is 12.1 Å². The van der Waals surface area contributed by atoms with Crippen LogP contribution in [0.3, 0.4) is 0 Å². The minimum atomic E-state index is -4.26. The lowest BCUT2D eigenvalue weighted by Gasteiger charge is -2.28. The Balaban J connectivity index is 3.15. The first-order valence-corrected chi connectivity index (χ1v) is 4.50. The van der Waals surface area contributed by atoms with Gasteiger partial charge < -0.3 is 4.74 Å². The molecule has 0 fully saturated rings. The molecule has 1 aromatic rings. The zero-order valence-corrected chi connectivity index (χ0v) is 8.85. The first kappa shape index (κ1) is 11.9. The third-order valence-electron chi connectivity index (χ3n) is 2.50. The van der Waals surface area contributed by atoms with E-state index in [1.807, 2.05) is 0 Å². The molecule has 84 valence electrons. The molecule has 0 spiro atoms. The maximum absolute atomic E-state index is 12.7. The molecule has 0 saturated carbocycles. The summed E-state index contributed by atoms with van der Waals surface area (Å²) in [5, 5.41) is 0. The molecule has 0 bridgehead atoms. The molecule has 15 heavy (non-hydrogen) atoms. The van der Waals surface area contributed by atoms with Gasteiger partial charge >= 0.3 is 6.18 Å². The number of ether oxygens (including phenoxy) is 1. The van der Waals surface area contributed by atoms with Crippen LogP contribution in [0.1, 0.15) is 19.4 Å². The number of alkyl halides is 3. The topological polar surface area (TPSA) is 9.23 Å². The van der Waals surface area contributed by atoms with Gasteiger partial charge in [0, 0.05) is 0 Å². The monoisotopic (exact) mass is 218 g/mol. The smallest absolute Gasteiger partial charge is 0.397 e. The Labute approximate surface area is 86.9 Å². The molecule has 0 unspecified atom stereocenters. The van der Waals surface area contributed by atoms with Crippen LogP contribution in [0.5, 0.6) is 5.75 Å². The van der Waals surface area contributed by atoms with E-state index in [0.29, 0.717) is 5.75 Å². The van der Waals surface area contributed by atoms with E-state index in [4.69, 9.17) is 4.74 Å². The Morgan fingerprint density at radius 2 is 1.73 bits per heavy atom. The van der Waals surface area contributed by atoms with Crippen molar-refractivity contribution in [2.45, 2.75) is 25.4 Å². The molecule has 0 saturated heterocycles. The molecule has 0 N–H and O–H groups in total. The van der Waals surface area contributed by atoms with Crippen molar-refractivity contribution in [1.29, 1.82) is 0 Å². The Morgan fingerprint density at radius 3 is 2.20 bits per heavy atom. The third-order valence-corrected chi connectivity index (χ3v) is 2.50. The molecule has 0 heterocycles. The SMILES string of the molecule is COc1cccc(C(C)(C)C(F)(F)F)c1. The van der Waals surface area contributed by atoms with E-state index in [-0.39, 0.29) is 5.56 Å². The number of hydrogen-bond donors (Lipinski definition) is 0. The normalized spacial score (nSPS) is 12.7. The lowest BCUT2D eigenvalue weighted by Crippen LogP contribution is -2.36. The van der Waals surface area contributed by atoms with Gasteiger partial charge in [-0.1, -0.05) is 12.1 Å².